The van der Waals surface area contributed by atoms with Crippen LogP contribution >= 0.6 is 0 Å². The Balaban J connectivity index is 1.14. The number of ether oxygens (including phenoxy) is 1. The van der Waals surface area contributed by atoms with Crippen LogP contribution in [0.2, 0.25) is 0 Å². The van der Waals surface area contributed by atoms with Crippen molar-refractivity contribution in [1.82, 2.24) is 24.8 Å². The third-order valence-corrected chi connectivity index (χ3v) is 7.73. The van der Waals surface area contributed by atoms with Crippen LogP contribution < -0.4 is 5.32 Å². The molecule has 2 aromatic heterocycles. The van der Waals surface area contributed by atoms with Gasteiger partial charge < -0.3 is 19.9 Å². The molecule has 196 valence electrons. The van der Waals surface area contributed by atoms with Crippen molar-refractivity contribution < 1.29 is 14.3 Å². The molecule has 0 spiro atoms. The largest absolute Gasteiger partial charge is 0.381 e. The molecule has 5 heterocycles. The van der Waals surface area contributed by atoms with Crippen molar-refractivity contribution in [2.75, 3.05) is 38.2 Å². The summed E-state index contributed by atoms with van der Waals surface area (Å²) in [6.45, 7) is 5.16. The van der Waals surface area contributed by atoms with Crippen LogP contribution in [0, 0.1) is 6.92 Å². The zero-order valence-electron chi connectivity index (χ0n) is 21.7. The van der Waals surface area contributed by atoms with Gasteiger partial charge in [0.1, 0.15) is 6.54 Å². The second-order valence-corrected chi connectivity index (χ2v) is 10.3. The quantitative estimate of drug-likeness (QED) is 0.561. The van der Waals surface area contributed by atoms with Gasteiger partial charge in [0.2, 0.25) is 11.9 Å². The van der Waals surface area contributed by atoms with E-state index in [0.717, 1.165) is 55.7 Å². The number of aromatic nitrogens is 3. The lowest BCUT2D eigenvalue weighted by Crippen LogP contribution is -2.41. The summed E-state index contributed by atoms with van der Waals surface area (Å²) in [4.78, 5) is 43.8. The van der Waals surface area contributed by atoms with Crippen molar-refractivity contribution in [3.05, 3.63) is 70.7 Å². The Morgan fingerprint density at radius 3 is 2.55 bits per heavy atom. The normalized spacial score (nSPS) is 17.7. The molecule has 1 aromatic carbocycles. The molecule has 0 bridgehead atoms. The number of pyridine rings is 1. The van der Waals surface area contributed by atoms with Gasteiger partial charge >= 0.3 is 0 Å². The molecule has 1 fully saturated rings. The zero-order chi connectivity index (χ0) is 26.1. The molecule has 0 unspecified atom stereocenters. The predicted molar refractivity (Wildman–Crippen MR) is 143 cm³/mol. The van der Waals surface area contributed by atoms with Gasteiger partial charge in [0.05, 0.1) is 23.5 Å². The second-order valence-electron chi connectivity index (χ2n) is 10.3. The topological polar surface area (TPSA) is 101 Å². The molecule has 3 aliphatic rings. The van der Waals surface area contributed by atoms with E-state index >= 15 is 0 Å². The first-order valence-corrected chi connectivity index (χ1v) is 13.4. The van der Waals surface area contributed by atoms with Gasteiger partial charge in [-0.3, -0.25) is 14.6 Å². The third-order valence-electron chi connectivity index (χ3n) is 7.73. The average Bonchev–Trinajstić information content (AvgIpc) is 3.10. The van der Waals surface area contributed by atoms with E-state index in [4.69, 9.17) is 9.72 Å². The number of aryl methyl sites for hydroxylation is 1. The third kappa shape index (κ3) is 4.98. The molecule has 38 heavy (non-hydrogen) atoms. The molecule has 3 aliphatic heterocycles. The van der Waals surface area contributed by atoms with Gasteiger partial charge in [0.15, 0.2) is 0 Å². The molecule has 9 heteroatoms. The lowest BCUT2D eigenvalue weighted by molar-refractivity contribution is -0.131. The first-order chi connectivity index (χ1) is 18.5. The molecule has 0 radical (unpaired) electrons. The predicted octanol–water partition coefficient (Wildman–Crippen LogP) is 3.02. The molecule has 1 N–H and O–H groups in total. The van der Waals surface area contributed by atoms with Crippen LogP contribution in [0.3, 0.4) is 0 Å². The fourth-order valence-electron chi connectivity index (χ4n) is 5.49. The van der Waals surface area contributed by atoms with Crippen LogP contribution in [-0.2, 0) is 28.9 Å². The number of rotatable bonds is 5. The highest BCUT2D eigenvalue weighted by Gasteiger charge is 2.32. The van der Waals surface area contributed by atoms with Crippen molar-refractivity contribution in [2.24, 2.45) is 0 Å². The molecule has 2 amide bonds. The van der Waals surface area contributed by atoms with Gasteiger partial charge in [-0.1, -0.05) is 24.3 Å². The van der Waals surface area contributed by atoms with Crippen LogP contribution in [0.5, 0.6) is 0 Å². The van der Waals surface area contributed by atoms with Crippen LogP contribution in [0.25, 0.3) is 11.3 Å². The number of amides is 2. The SMILES string of the molecule is Cc1cnc(NC2CCOCC2)nc1-c1cnc2c(c1)C(=O)N(CC(=O)N1CCc3ccccc3CC1)C2. The number of nitrogens with one attached hydrogen (secondary N) is 1. The molecule has 0 aliphatic carbocycles. The molecule has 3 aromatic rings. The number of anilines is 1. The van der Waals surface area contributed by atoms with E-state index in [1.807, 2.05) is 30.0 Å². The summed E-state index contributed by atoms with van der Waals surface area (Å²) in [6.07, 6.45) is 7.07. The molecular weight excluding hydrogens is 480 g/mol. The number of benzene rings is 1. The van der Waals surface area contributed by atoms with Crippen molar-refractivity contribution in [3.8, 4) is 11.3 Å². The van der Waals surface area contributed by atoms with E-state index in [0.29, 0.717) is 36.8 Å². The van der Waals surface area contributed by atoms with Gasteiger partial charge in [-0.2, -0.15) is 0 Å². The molecule has 0 atom stereocenters. The maximum atomic E-state index is 13.3. The summed E-state index contributed by atoms with van der Waals surface area (Å²) in [6, 6.07) is 10.5. The number of hydrogen-bond donors (Lipinski definition) is 1. The first kappa shape index (κ1) is 24.5. The highest BCUT2D eigenvalue weighted by atomic mass is 16.5. The Kier molecular flexibility index (Phi) is 6.76. The van der Waals surface area contributed by atoms with E-state index in [1.165, 1.54) is 11.1 Å². The minimum Gasteiger partial charge on any atom is -0.381 e. The minimum atomic E-state index is -0.159. The van der Waals surface area contributed by atoms with Gasteiger partial charge in [-0.05, 0) is 55.4 Å². The second kappa shape index (κ2) is 10.5. The smallest absolute Gasteiger partial charge is 0.256 e. The van der Waals surface area contributed by atoms with Crippen molar-refractivity contribution in [1.29, 1.82) is 0 Å². The van der Waals surface area contributed by atoms with E-state index in [9.17, 15) is 9.59 Å². The van der Waals surface area contributed by atoms with Gasteiger partial charge in [-0.25, -0.2) is 9.97 Å². The van der Waals surface area contributed by atoms with Gasteiger partial charge in [-0.15, -0.1) is 0 Å². The Hall–Kier alpha value is -3.85. The fraction of sp³-hybridized carbons (Fsp3) is 0.414. The minimum absolute atomic E-state index is 0.0188. The van der Waals surface area contributed by atoms with Crippen molar-refractivity contribution in [3.63, 3.8) is 0 Å². The Labute approximate surface area is 222 Å². The Bertz CT molecular complexity index is 1340. The number of carbonyl (C=O) groups is 2. The summed E-state index contributed by atoms with van der Waals surface area (Å²) in [5.41, 5.74) is 6.26. The monoisotopic (exact) mass is 512 g/mol. The molecule has 9 nitrogen and oxygen atoms in total. The van der Waals surface area contributed by atoms with E-state index in [1.54, 1.807) is 17.3 Å². The zero-order valence-corrected chi connectivity index (χ0v) is 21.7. The molecule has 6 rings (SSSR count). The van der Waals surface area contributed by atoms with Crippen LogP contribution in [0.1, 0.15) is 45.6 Å². The van der Waals surface area contributed by atoms with Crippen LogP contribution in [-0.4, -0.2) is 75.5 Å². The van der Waals surface area contributed by atoms with Crippen LogP contribution in [0.4, 0.5) is 5.95 Å². The maximum Gasteiger partial charge on any atom is 0.256 e. The fourth-order valence-corrected chi connectivity index (χ4v) is 5.49. The van der Waals surface area contributed by atoms with Gasteiger partial charge in [0.25, 0.3) is 5.91 Å². The lowest BCUT2D eigenvalue weighted by atomic mass is 10.0. The number of hydrogen-bond acceptors (Lipinski definition) is 7. The van der Waals surface area contributed by atoms with E-state index < -0.39 is 0 Å². The molecular formula is C29H32N6O3. The summed E-state index contributed by atoms with van der Waals surface area (Å²) >= 11 is 0. The highest BCUT2D eigenvalue weighted by molar-refractivity contribution is 6.00. The van der Waals surface area contributed by atoms with Gasteiger partial charge in [0, 0.05) is 50.3 Å². The number of carbonyl (C=O) groups excluding carboxylic acids is 2. The number of fused-ring (bicyclic) bond motifs is 2. The summed E-state index contributed by atoms with van der Waals surface area (Å²) in [5, 5.41) is 3.41. The standard InChI is InChI=1S/C29H32N6O3/c1-19-15-31-29(32-23-8-12-38-13-9-23)33-27(19)22-14-24-25(30-16-22)17-35(28(24)37)18-26(36)34-10-6-20-4-2-3-5-21(20)7-11-34/h2-5,14-16,23H,6-13,17-18H2,1H3,(H,31,32,33). The van der Waals surface area contributed by atoms with Crippen molar-refractivity contribution in [2.45, 2.75) is 45.2 Å². The number of nitrogens with zero attached hydrogens (tertiary/aromatic N) is 5. The summed E-state index contributed by atoms with van der Waals surface area (Å²) in [7, 11) is 0. The average molecular weight is 513 g/mol. The lowest BCUT2D eigenvalue weighted by Gasteiger charge is -2.23. The Morgan fingerprint density at radius 2 is 1.82 bits per heavy atom. The molecule has 0 saturated carbocycles. The van der Waals surface area contributed by atoms with Crippen LogP contribution in [0.15, 0.2) is 42.7 Å². The van der Waals surface area contributed by atoms with Crippen molar-refractivity contribution >= 4 is 17.8 Å². The molecule has 1 saturated heterocycles. The summed E-state index contributed by atoms with van der Waals surface area (Å²) < 4.78 is 5.44. The highest BCUT2D eigenvalue weighted by Crippen LogP contribution is 2.28. The van der Waals surface area contributed by atoms with E-state index in [-0.39, 0.29) is 24.4 Å². The maximum absolute atomic E-state index is 13.3. The Morgan fingerprint density at radius 1 is 1.08 bits per heavy atom. The van der Waals surface area contributed by atoms with E-state index in [2.05, 4.69) is 27.4 Å². The summed E-state index contributed by atoms with van der Waals surface area (Å²) in [5.74, 6) is 0.388. The first-order valence-electron chi connectivity index (χ1n) is 13.4.